The van der Waals surface area contributed by atoms with Crippen molar-refractivity contribution in [2.45, 2.75) is 52.1 Å². The lowest BCUT2D eigenvalue weighted by Crippen LogP contribution is -2.52. The Bertz CT molecular complexity index is 610. The fourth-order valence-corrected chi connectivity index (χ4v) is 2.38. The van der Waals surface area contributed by atoms with E-state index < -0.39 is 36.4 Å². The Balaban J connectivity index is 2.74. The van der Waals surface area contributed by atoms with Crippen molar-refractivity contribution in [2.24, 2.45) is 5.41 Å². The number of aliphatic carboxylic acids is 2. The van der Waals surface area contributed by atoms with E-state index in [0.717, 1.165) is 12.0 Å². The Morgan fingerprint density at radius 3 is 2.15 bits per heavy atom. The van der Waals surface area contributed by atoms with Crippen LogP contribution in [-0.4, -0.2) is 46.7 Å². The summed E-state index contributed by atoms with van der Waals surface area (Å²) < 4.78 is 0. The Hall–Kier alpha value is -2.41. The molecule has 0 aliphatic rings. The molecule has 0 saturated carbocycles. The van der Waals surface area contributed by atoms with Gasteiger partial charge in [-0.3, -0.25) is 9.59 Å². The highest BCUT2D eigenvalue weighted by molar-refractivity contribution is 5.89. The third-order valence-electron chi connectivity index (χ3n) is 3.86. The van der Waals surface area contributed by atoms with Gasteiger partial charge in [-0.25, -0.2) is 4.79 Å². The zero-order chi connectivity index (χ0) is 19.7. The van der Waals surface area contributed by atoms with E-state index in [2.05, 4.69) is 10.6 Å². The summed E-state index contributed by atoms with van der Waals surface area (Å²) in [5, 5.41) is 23.8. The van der Waals surface area contributed by atoms with E-state index in [1.165, 1.54) is 0 Å². The minimum atomic E-state index is -1.16. The normalized spacial score (nSPS) is 13.7. The van der Waals surface area contributed by atoms with Gasteiger partial charge >= 0.3 is 11.9 Å². The molecular weight excluding hydrogens is 336 g/mol. The molecule has 0 spiro atoms. The van der Waals surface area contributed by atoms with E-state index in [0.29, 0.717) is 6.54 Å². The number of hydrogen-bond acceptors (Lipinski definition) is 4. The van der Waals surface area contributed by atoms with E-state index in [-0.39, 0.29) is 11.8 Å². The van der Waals surface area contributed by atoms with Gasteiger partial charge in [0.2, 0.25) is 5.91 Å². The highest BCUT2D eigenvalue weighted by Crippen LogP contribution is 2.17. The van der Waals surface area contributed by atoms with Crippen LogP contribution in [0.3, 0.4) is 0 Å². The third kappa shape index (κ3) is 8.62. The largest absolute Gasteiger partial charge is 0.481 e. The molecule has 1 aromatic carbocycles. The van der Waals surface area contributed by atoms with Gasteiger partial charge in [0.1, 0.15) is 6.04 Å². The smallest absolute Gasteiger partial charge is 0.326 e. The second-order valence-corrected chi connectivity index (χ2v) is 7.50. The van der Waals surface area contributed by atoms with Crippen LogP contribution in [0.15, 0.2) is 30.3 Å². The molecule has 7 nitrogen and oxygen atoms in total. The van der Waals surface area contributed by atoms with Gasteiger partial charge in [-0.15, -0.1) is 0 Å². The van der Waals surface area contributed by atoms with E-state index in [4.69, 9.17) is 5.11 Å². The topological polar surface area (TPSA) is 116 Å². The van der Waals surface area contributed by atoms with Crippen LogP contribution < -0.4 is 10.6 Å². The van der Waals surface area contributed by atoms with Crippen LogP contribution in [0.2, 0.25) is 0 Å². The van der Waals surface area contributed by atoms with Crippen LogP contribution in [0.4, 0.5) is 0 Å². The molecule has 0 aliphatic carbocycles. The zero-order valence-corrected chi connectivity index (χ0v) is 15.5. The van der Waals surface area contributed by atoms with Gasteiger partial charge in [0.25, 0.3) is 0 Å². The summed E-state index contributed by atoms with van der Waals surface area (Å²) >= 11 is 0. The molecule has 26 heavy (non-hydrogen) atoms. The maximum Gasteiger partial charge on any atom is 0.326 e. The van der Waals surface area contributed by atoms with Crippen molar-refractivity contribution < 1.29 is 24.6 Å². The van der Waals surface area contributed by atoms with Crippen molar-refractivity contribution in [1.82, 2.24) is 10.6 Å². The van der Waals surface area contributed by atoms with Gasteiger partial charge in [-0.2, -0.15) is 0 Å². The average molecular weight is 364 g/mol. The van der Waals surface area contributed by atoms with E-state index in [9.17, 15) is 19.5 Å². The molecule has 0 saturated heterocycles. The van der Waals surface area contributed by atoms with Crippen LogP contribution in [0, 0.1) is 5.41 Å². The highest BCUT2D eigenvalue weighted by Gasteiger charge is 2.27. The molecule has 0 bridgehead atoms. The molecular formula is C19H28N2O5. The van der Waals surface area contributed by atoms with Gasteiger partial charge < -0.3 is 20.8 Å². The molecule has 2 atom stereocenters. The van der Waals surface area contributed by atoms with Crippen LogP contribution in [-0.2, 0) is 20.8 Å². The highest BCUT2D eigenvalue weighted by atomic mass is 16.4. The molecule has 7 heteroatoms. The molecule has 144 valence electrons. The molecule has 0 heterocycles. The van der Waals surface area contributed by atoms with Gasteiger partial charge in [0.15, 0.2) is 0 Å². The third-order valence-corrected chi connectivity index (χ3v) is 3.86. The van der Waals surface area contributed by atoms with Crippen LogP contribution in [0.1, 0.15) is 39.2 Å². The number of nitrogens with one attached hydrogen (secondary N) is 2. The molecule has 0 aromatic heterocycles. The maximum absolute atomic E-state index is 12.4. The Labute approximate surface area is 153 Å². The number of carbonyl (C=O) groups is 3. The molecule has 0 unspecified atom stereocenters. The molecule has 0 aliphatic heterocycles. The number of carbonyl (C=O) groups excluding carboxylic acids is 1. The van der Waals surface area contributed by atoms with Gasteiger partial charge in [0.05, 0.1) is 12.5 Å². The molecule has 1 rings (SSSR count). The SMILES string of the molecule is CC(C)(C)CCN[C@@H](CC(=O)O)C(=O)N[C@H](Cc1ccccc1)C(=O)O. The summed E-state index contributed by atoms with van der Waals surface area (Å²) in [5.74, 6) is -2.90. The summed E-state index contributed by atoms with van der Waals surface area (Å²) in [4.78, 5) is 35.0. The lowest BCUT2D eigenvalue weighted by atomic mass is 9.92. The first-order valence-electron chi connectivity index (χ1n) is 8.61. The summed E-state index contributed by atoms with van der Waals surface area (Å²) in [7, 11) is 0. The van der Waals surface area contributed by atoms with Crippen molar-refractivity contribution in [1.29, 1.82) is 0 Å². The summed E-state index contributed by atoms with van der Waals surface area (Å²) in [6.07, 6.45) is 0.472. The average Bonchev–Trinajstić information content (AvgIpc) is 2.52. The van der Waals surface area contributed by atoms with Crippen molar-refractivity contribution in [3.05, 3.63) is 35.9 Å². The number of hydrogen-bond donors (Lipinski definition) is 4. The number of carboxylic acids is 2. The minimum Gasteiger partial charge on any atom is -0.481 e. The summed E-state index contributed by atoms with van der Waals surface area (Å²) in [5.41, 5.74) is 0.810. The van der Waals surface area contributed by atoms with Gasteiger partial charge in [-0.1, -0.05) is 51.1 Å². The minimum absolute atomic E-state index is 0.0359. The van der Waals surface area contributed by atoms with Crippen molar-refractivity contribution in [3.63, 3.8) is 0 Å². The number of rotatable bonds is 10. The fourth-order valence-electron chi connectivity index (χ4n) is 2.38. The number of benzene rings is 1. The van der Waals surface area contributed by atoms with E-state index in [1.54, 1.807) is 24.3 Å². The molecule has 1 amide bonds. The van der Waals surface area contributed by atoms with Crippen molar-refractivity contribution in [3.8, 4) is 0 Å². The first kappa shape index (κ1) is 21.6. The van der Waals surface area contributed by atoms with E-state index >= 15 is 0 Å². The number of carboxylic acid groups (broad SMARTS) is 2. The summed E-state index contributed by atoms with van der Waals surface area (Å²) in [6.45, 7) is 6.59. The Kier molecular flexibility index (Phi) is 8.25. The summed E-state index contributed by atoms with van der Waals surface area (Å²) in [6, 6.07) is 6.85. The first-order chi connectivity index (χ1) is 12.1. The molecule has 1 aromatic rings. The number of amides is 1. The second-order valence-electron chi connectivity index (χ2n) is 7.50. The predicted molar refractivity (Wildman–Crippen MR) is 97.8 cm³/mol. The maximum atomic E-state index is 12.4. The van der Waals surface area contributed by atoms with Gasteiger partial charge in [0, 0.05) is 6.42 Å². The lowest BCUT2D eigenvalue weighted by Gasteiger charge is -2.23. The quantitative estimate of drug-likeness (QED) is 0.502. The first-order valence-corrected chi connectivity index (χ1v) is 8.61. The Morgan fingerprint density at radius 1 is 1.04 bits per heavy atom. The zero-order valence-electron chi connectivity index (χ0n) is 15.5. The van der Waals surface area contributed by atoms with Gasteiger partial charge in [-0.05, 0) is 23.9 Å². The van der Waals surface area contributed by atoms with Crippen molar-refractivity contribution >= 4 is 17.8 Å². The van der Waals surface area contributed by atoms with E-state index in [1.807, 2.05) is 26.8 Å². The van der Waals surface area contributed by atoms with Crippen molar-refractivity contribution in [2.75, 3.05) is 6.54 Å². The lowest BCUT2D eigenvalue weighted by molar-refractivity contribution is -0.143. The fraction of sp³-hybridized carbons (Fsp3) is 0.526. The standard InChI is InChI=1S/C19H28N2O5/c1-19(2,3)9-10-20-14(12-16(22)23)17(24)21-15(18(25)26)11-13-7-5-4-6-8-13/h4-8,14-15,20H,9-12H2,1-3H3,(H,21,24)(H,22,23)(H,25,26)/t14-,15+/m0/s1. The Morgan fingerprint density at radius 2 is 1.65 bits per heavy atom. The second kappa shape index (κ2) is 9.91. The molecule has 4 N–H and O–H groups in total. The van der Waals surface area contributed by atoms with Crippen LogP contribution in [0.25, 0.3) is 0 Å². The predicted octanol–water partition coefficient (Wildman–Crippen LogP) is 1.67. The molecule has 0 radical (unpaired) electrons. The monoisotopic (exact) mass is 364 g/mol. The molecule has 0 fully saturated rings. The van der Waals surface area contributed by atoms with Crippen LogP contribution >= 0.6 is 0 Å². The van der Waals surface area contributed by atoms with Crippen LogP contribution in [0.5, 0.6) is 0 Å².